The van der Waals surface area contributed by atoms with Crippen LogP contribution in [0.3, 0.4) is 0 Å². The molecule has 1 fully saturated rings. The zero-order valence-corrected chi connectivity index (χ0v) is 12.8. The maximum absolute atomic E-state index is 5.95. The molecule has 0 bridgehead atoms. The van der Waals surface area contributed by atoms with Gasteiger partial charge in [0.05, 0.1) is 11.6 Å². The lowest BCUT2D eigenvalue weighted by atomic mass is 9.82. The van der Waals surface area contributed by atoms with Crippen LogP contribution in [0.15, 0.2) is 18.3 Å². The zero-order chi connectivity index (χ0) is 14.4. The summed E-state index contributed by atoms with van der Waals surface area (Å²) in [6.07, 6.45) is 4.91. The van der Waals surface area contributed by atoms with Crippen molar-refractivity contribution in [1.82, 2.24) is 10.3 Å². The number of hydrogen-bond donors (Lipinski definition) is 1. The molecular formula is C16H26N2O2. The number of nitrogens with zero attached hydrogens (tertiary/aromatic N) is 1. The highest BCUT2D eigenvalue weighted by molar-refractivity contribution is 5.21. The van der Waals surface area contributed by atoms with Gasteiger partial charge in [0.15, 0.2) is 0 Å². The van der Waals surface area contributed by atoms with Crippen molar-refractivity contribution in [3.63, 3.8) is 0 Å². The number of aromatic nitrogens is 1. The summed E-state index contributed by atoms with van der Waals surface area (Å²) in [5, 5.41) is 3.65. The average Bonchev–Trinajstić information content (AvgIpc) is 2.50. The summed E-state index contributed by atoms with van der Waals surface area (Å²) in [5.41, 5.74) is 2.05. The van der Waals surface area contributed by atoms with Crippen LogP contribution in [0.2, 0.25) is 0 Å². The molecule has 2 rings (SSSR count). The van der Waals surface area contributed by atoms with Crippen LogP contribution in [0.5, 0.6) is 0 Å². The summed E-state index contributed by atoms with van der Waals surface area (Å²) < 4.78 is 11.5. The Morgan fingerprint density at radius 3 is 2.70 bits per heavy atom. The molecule has 0 radical (unpaired) electrons. The molecule has 4 nitrogen and oxygen atoms in total. The van der Waals surface area contributed by atoms with Gasteiger partial charge in [-0.3, -0.25) is 4.98 Å². The van der Waals surface area contributed by atoms with Crippen LogP contribution < -0.4 is 5.32 Å². The molecular weight excluding hydrogens is 252 g/mol. The third-order valence-corrected chi connectivity index (χ3v) is 4.14. The van der Waals surface area contributed by atoms with Crippen molar-refractivity contribution in [3.8, 4) is 0 Å². The number of pyridine rings is 1. The van der Waals surface area contributed by atoms with Gasteiger partial charge in [-0.2, -0.15) is 0 Å². The molecule has 1 aliphatic rings. The smallest absolute Gasteiger partial charge is 0.0916 e. The van der Waals surface area contributed by atoms with E-state index >= 15 is 0 Å². The van der Waals surface area contributed by atoms with Gasteiger partial charge < -0.3 is 14.8 Å². The number of nitrogens with one attached hydrogen (secondary N) is 1. The molecule has 1 saturated heterocycles. The second kappa shape index (κ2) is 7.16. The van der Waals surface area contributed by atoms with Crippen LogP contribution in [-0.4, -0.2) is 37.5 Å². The Bertz CT molecular complexity index is 399. The van der Waals surface area contributed by atoms with Gasteiger partial charge in [0.2, 0.25) is 0 Å². The van der Waals surface area contributed by atoms with Crippen molar-refractivity contribution < 1.29 is 9.47 Å². The van der Waals surface area contributed by atoms with Crippen molar-refractivity contribution in [1.29, 1.82) is 0 Å². The Morgan fingerprint density at radius 2 is 2.15 bits per heavy atom. The van der Waals surface area contributed by atoms with Gasteiger partial charge in [-0.25, -0.2) is 0 Å². The first kappa shape index (κ1) is 15.4. The van der Waals surface area contributed by atoms with Gasteiger partial charge in [0.25, 0.3) is 0 Å². The first-order valence-electron chi connectivity index (χ1n) is 7.50. The summed E-state index contributed by atoms with van der Waals surface area (Å²) in [6, 6.07) is 4.40. The van der Waals surface area contributed by atoms with Crippen molar-refractivity contribution >= 4 is 0 Å². The van der Waals surface area contributed by atoms with Crippen LogP contribution in [-0.2, 0) is 9.47 Å². The molecule has 112 valence electrons. The average molecular weight is 278 g/mol. The molecule has 20 heavy (non-hydrogen) atoms. The van der Waals surface area contributed by atoms with E-state index in [2.05, 4.69) is 29.4 Å². The minimum Gasteiger partial charge on any atom is -0.381 e. The van der Waals surface area contributed by atoms with E-state index in [1.165, 1.54) is 5.56 Å². The SMILES string of the molecule is CCCNC(c1ccc(C)nc1)C1(OC)CCOCC1. The van der Waals surface area contributed by atoms with E-state index in [0.29, 0.717) is 0 Å². The maximum atomic E-state index is 5.95. The first-order chi connectivity index (χ1) is 9.72. The first-order valence-corrected chi connectivity index (χ1v) is 7.50. The highest BCUT2D eigenvalue weighted by Gasteiger charge is 2.41. The van der Waals surface area contributed by atoms with Gasteiger partial charge in [0, 0.05) is 45.1 Å². The third kappa shape index (κ3) is 3.37. The second-order valence-electron chi connectivity index (χ2n) is 5.50. The standard InChI is InChI=1S/C16H26N2O2/c1-4-9-17-15(14-6-5-13(2)18-12-14)16(19-3)7-10-20-11-8-16/h5-6,12,15,17H,4,7-11H2,1-3H3. The minimum absolute atomic E-state index is 0.171. The van der Waals surface area contributed by atoms with Gasteiger partial charge in [0.1, 0.15) is 0 Å². The van der Waals surface area contributed by atoms with Crippen molar-refractivity contribution in [2.75, 3.05) is 26.9 Å². The number of ether oxygens (including phenoxy) is 2. The molecule has 2 heterocycles. The highest BCUT2D eigenvalue weighted by atomic mass is 16.5. The number of rotatable bonds is 6. The predicted octanol–water partition coefficient (Wildman–Crippen LogP) is 2.63. The molecule has 0 saturated carbocycles. The molecule has 1 aromatic rings. The van der Waals surface area contributed by atoms with E-state index in [-0.39, 0.29) is 11.6 Å². The zero-order valence-electron chi connectivity index (χ0n) is 12.8. The summed E-state index contributed by atoms with van der Waals surface area (Å²) >= 11 is 0. The van der Waals surface area contributed by atoms with Crippen molar-refractivity contribution in [3.05, 3.63) is 29.6 Å². The van der Waals surface area contributed by atoms with Crippen LogP contribution in [0, 0.1) is 6.92 Å². The second-order valence-corrected chi connectivity index (χ2v) is 5.50. The van der Waals surface area contributed by atoms with Crippen molar-refractivity contribution in [2.24, 2.45) is 0 Å². The number of methoxy groups -OCH3 is 1. The van der Waals surface area contributed by atoms with Crippen LogP contribution >= 0.6 is 0 Å². The Kier molecular flexibility index (Phi) is 5.52. The molecule has 0 amide bonds. The fraction of sp³-hybridized carbons (Fsp3) is 0.688. The summed E-state index contributed by atoms with van der Waals surface area (Å²) in [5.74, 6) is 0. The van der Waals surface area contributed by atoms with E-state index in [1.54, 1.807) is 0 Å². The molecule has 1 aliphatic heterocycles. The molecule has 1 aromatic heterocycles. The lowest BCUT2D eigenvalue weighted by Gasteiger charge is -2.43. The highest BCUT2D eigenvalue weighted by Crippen LogP contribution is 2.37. The summed E-state index contributed by atoms with van der Waals surface area (Å²) in [7, 11) is 1.81. The molecule has 1 atom stereocenters. The lowest BCUT2D eigenvalue weighted by Crippen LogP contribution is -2.49. The minimum atomic E-state index is -0.190. The molecule has 1 N–H and O–H groups in total. The van der Waals surface area contributed by atoms with Gasteiger partial charge in [-0.05, 0) is 31.5 Å². The van der Waals surface area contributed by atoms with E-state index in [9.17, 15) is 0 Å². The van der Waals surface area contributed by atoms with E-state index < -0.39 is 0 Å². The molecule has 0 aliphatic carbocycles. The Hall–Kier alpha value is -0.970. The monoisotopic (exact) mass is 278 g/mol. The number of hydrogen-bond acceptors (Lipinski definition) is 4. The van der Waals surface area contributed by atoms with Crippen LogP contribution in [0.4, 0.5) is 0 Å². The number of aryl methyl sites for hydroxylation is 1. The fourth-order valence-electron chi connectivity index (χ4n) is 2.87. The Morgan fingerprint density at radius 1 is 1.40 bits per heavy atom. The Labute approximate surface area is 121 Å². The normalized spacial score (nSPS) is 19.8. The van der Waals surface area contributed by atoms with Crippen LogP contribution in [0.1, 0.15) is 43.5 Å². The van der Waals surface area contributed by atoms with E-state index in [1.807, 2.05) is 20.2 Å². The van der Waals surface area contributed by atoms with Gasteiger partial charge in [-0.1, -0.05) is 13.0 Å². The quantitative estimate of drug-likeness (QED) is 0.868. The van der Waals surface area contributed by atoms with E-state index in [4.69, 9.17) is 9.47 Å². The summed E-state index contributed by atoms with van der Waals surface area (Å²) in [6.45, 7) is 6.69. The molecule has 4 heteroatoms. The van der Waals surface area contributed by atoms with Crippen LogP contribution in [0.25, 0.3) is 0 Å². The van der Waals surface area contributed by atoms with Gasteiger partial charge in [-0.15, -0.1) is 0 Å². The Balaban J connectivity index is 2.27. The largest absolute Gasteiger partial charge is 0.381 e. The van der Waals surface area contributed by atoms with E-state index in [0.717, 1.165) is 44.7 Å². The fourth-order valence-corrected chi connectivity index (χ4v) is 2.87. The summed E-state index contributed by atoms with van der Waals surface area (Å²) in [4.78, 5) is 4.44. The van der Waals surface area contributed by atoms with Crippen molar-refractivity contribution in [2.45, 2.75) is 44.8 Å². The molecule has 0 spiro atoms. The topological polar surface area (TPSA) is 43.4 Å². The third-order valence-electron chi connectivity index (χ3n) is 4.14. The predicted molar refractivity (Wildman–Crippen MR) is 79.8 cm³/mol. The maximum Gasteiger partial charge on any atom is 0.0916 e. The van der Waals surface area contributed by atoms with Gasteiger partial charge >= 0.3 is 0 Å². The molecule has 1 unspecified atom stereocenters. The molecule has 0 aromatic carbocycles. The lowest BCUT2D eigenvalue weighted by molar-refractivity contribution is -0.111.